The summed E-state index contributed by atoms with van der Waals surface area (Å²) in [6.07, 6.45) is 4.23. The standard InChI is InChI=1S/C13H19N3O2/c1-11(17)15-13-5-4-12(10-14-13)18-9-8-16-6-2-3-7-16/h4-5,10H,2-3,6-9H2,1H3,(H,14,15,17). The lowest BCUT2D eigenvalue weighted by atomic mass is 10.4. The van der Waals surface area contributed by atoms with Crippen molar-refractivity contribution in [3.63, 3.8) is 0 Å². The van der Waals surface area contributed by atoms with E-state index in [4.69, 9.17) is 4.74 Å². The number of carbonyl (C=O) groups excluding carboxylic acids is 1. The van der Waals surface area contributed by atoms with Crippen LogP contribution in [-0.2, 0) is 4.79 Å². The molecule has 1 aliphatic rings. The van der Waals surface area contributed by atoms with Gasteiger partial charge in [-0.05, 0) is 38.1 Å². The first kappa shape index (κ1) is 12.8. The maximum Gasteiger partial charge on any atom is 0.222 e. The molecule has 0 bridgehead atoms. The fourth-order valence-electron chi connectivity index (χ4n) is 2.02. The molecule has 0 aliphatic carbocycles. The highest BCUT2D eigenvalue weighted by Crippen LogP contribution is 2.12. The molecule has 1 amide bonds. The molecule has 2 rings (SSSR count). The third-order valence-corrected chi connectivity index (χ3v) is 2.92. The lowest BCUT2D eigenvalue weighted by Crippen LogP contribution is -2.25. The largest absolute Gasteiger partial charge is 0.491 e. The van der Waals surface area contributed by atoms with Crippen LogP contribution in [0, 0.1) is 0 Å². The first-order chi connectivity index (χ1) is 8.74. The average molecular weight is 249 g/mol. The average Bonchev–Trinajstić information content (AvgIpc) is 2.84. The third-order valence-electron chi connectivity index (χ3n) is 2.92. The molecule has 18 heavy (non-hydrogen) atoms. The maximum atomic E-state index is 10.8. The number of hydrogen-bond acceptors (Lipinski definition) is 4. The molecule has 1 aromatic rings. The van der Waals surface area contributed by atoms with Gasteiger partial charge in [0.15, 0.2) is 0 Å². The fraction of sp³-hybridized carbons (Fsp3) is 0.538. The molecule has 5 heteroatoms. The summed E-state index contributed by atoms with van der Waals surface area (Å²) in [6.45, 7) is 5.48. The fourth-order valence-corrected chi connectivity index (χ4v) is 2.02. The van der Waals surface area contributed by atoms with Crippen molar-refractivity contribution >= 4 is 11.7 Å². The van der Waals surface area contributed by atoms with Crippen molar-refractivity contribution in [2.45, 2.75) is 19.8 Å². The lowest BCUT2D eigenvalue weighted by molar-refractivity contribution is -0.114. The molecule has 0 atom stereocenters. The Bertz CT molecular complexity index is 386. The van der Waals surface area contributed by atoms with Crippen molar-refractivity contribution in [1.29, 1.82) is 0 Å². The van der Waals surface area contributed by atoms with Gasteiger partial charge in [-0.15, -0.1) is 0 Å². The zero-order valence-electron chi connectivity index (χ0n) is 10.7. The number of rotatable bonds is 5. The summed E-state index contributed by atoms with van der Waals surface area (Å²) in [7, 11) is 0. The van der Waals surface area contributed by atoms with Gasteiger partial charge in [0.2, 0.25) is 5.91 Å². The molecule has 0 spiro atoms. The van der Waals surface area contributed by atoms with Gasteiger partial charge in [0, 0.05) is 13.5 Å². The Morgan fingerprint density at radius 3 is 2.83 bits per heavy atom. The van der Waals surface area contributed by atoms with Crippen LogP contribution in [0.4, 0.5) is 5.82 Å². The van der Waals surface area contributed by atoms with Crippen molar-refractivity contribution in [2.24, 2.45) is 0 Å². The zero-order valence-corrected chi connectivity index (χ0v) is 10.7. The quantitative estimate of drug-likeness (QED) is 0.859. The predicted octanol–water partition coefficient (Wildman–Crippen LogP) is 1.51. The Balaban J connectivity index is 1.73. The smallest absolute Gasteiger partial charge is 0.222 e. The minimum Gasteiger partial charge on any atom is -0.491 e. The Morgan fingerprint density at radius 1 is 1.44 bits per heavy atom. The van der Waals surface area contributed by atoms with E-state index >= 15 is 0 Å². The number of pyridine rings is 1. The van der Waals surface area contributed by atoms with Crippen LogP contribution in [0.25, 0.3) is 0 Å². The van der Waals surface area contributed by atoms with Crippen molar-refractivity contribution in [2.75, 3.05) is 31.6 Å². The molecule has 1 aromatic heterocycles. The number of carbonyl (C=O) groups is 1. The highest BCUT2D eigenvalue weighted by molar-refractivity contribution is 5.87. The van der Waals surface area contributed by atoms with E-state index in [0.29, 0.717) is 12.4 Å². The number of hydrogen-bond donors (Lipinski definition) is 1. The van der Waals surface area contributed by atoms with Crippen LogP contribution in [-0.4, -0.2) is 42.0 Å². The summed E-state index contributed by atoms with van der Waals surface area (Å²) < 4.78 is 5.61. The molecule has 1 aliphatic heterocycles. The van der Waals surface area contributed by atoms with Gasteiger partial charge in [-0.2, -0.15) is 0 Å². The Labute approximate surface area is 107 Å². The minimum atomic E-state index is -0.120. The maximum absolute atomic E-state index is 10.8. The van der Waals surface area contributed by atoms with E-state index in [9.17, 15) is 4.79 Å². The first-order valence-electron chi connectivity index (χ1n) is 6.33. The van der Waals surface area contributed by atoms with Crippen molar-refractivity contribution in [3.05, 3.63) is 18.3 Å². The second-order valence-electron chi connectivity index (χ2n) is 4.46. The first-order valence-corrected chi connectivity index (χ1v) is 6.33. The van der Waals surface area contributed by atoms with E-state index in [1.165, 1.54) is 32.9 Å². The topological polar surface area (TPSA) is 54.5 Å². The zero-order chi connectivity index (χ0) is 12.8. The van der Waals surface area contributed by atoms with Crippen LogP contribution in [0.15, 0.2) is 18.3 Å². The van der Waals surface area contributed by atoms with Gasteiger partial charge in [0.25, 0.3) is 0 Å². The van der Waals surface area contributed by atoms with Crippen molar-refractivity contribution < 1.29 is 9.53 Å². The Kier molecular flexibility index (Phi) is 4.52. The monoisotopic (exact) mass is 249 g/mol. The van der Waals surface area contributed by atoms with E-state index in [0.717, 1.165) is 12.3 Å². The second kappa shape index (κ2) is 6.35. The summed E-state index contributed by atoms with van der Waals surface area (Å²) >= 11 is 0. The summed E-state index contributed by atoms with van der Waals surface area (Å²) in [5.74, 6) is 1.17. The van der Waals surface area contributed by atoms with Crippen LogP contribution in [0.5, 0.6) is 5.75 Å². The Morgan fingerprint density at radius 2 is 2.22 bits per heavy atom. The second-order valence-corrected chi connectivity index (χ2v) is 4.46. The molecule has 0 unspecified atom stereocenters. The normalized spacial score (nSPS) is 15.6. The van der Waals surface area contributed by atoms with Crippen LogP contribution in [0.3, 0.4) is 0 Å². The molecule has 1 fully saturated rings. The van der Waals surface area contributed by atoms with Gasteiger partial charge in [-0.25, -0.2) is 4.98 Å². The van der Waals surface area contributed by atoms with Crippen LogP contribution in [0.2, 0.25) is 0 Å². The third kappa shape index (κ3) is 4.00. The van der Waals surface area contributed by atoms with Gasteiger partial charge in [-0.1, -0.05) is 0 Å². The van der Waals surface area contributed by atoms with Crippen LogP contribution >= 0.6 is 0 Å². The van der Waals surface area contributed by atoms with Crippen LogP contribution < -0.4 is 10.1 Å². The van der Waals surface area contributed by atoms with Gasteiger partial charge in [-0.3, -0.25) is 9.69 Å². The highest BCUT2D eigenvalue weighted by atomic mass is 16.5. The summed E-state index contributed by atoms with van der Waals surface area (Å²) in [6, 6.07) is 3.56. The van der Waals surface area contributed by atoms with E-state index < -0.39 is 0 Å². The van der Waals surface area contributed by atoms with Crippen LogP contribution in [0.1, 0.15) is 19.8 Å². The highest BCUT2D eigenvalue weighted by Gasteiger charge is 2.10. The molecule has 0 saturated carbocycles. The van der Waals surface area contributed by atoms with E-state index in [-0.39, 0.29) is 5.91 Å². The molecule has 0 radical (unpaired) electrons. The number of anilines is 1. The van der Waals surface area contributed by atoms with Crippen molar-refractivity contribution in [1.82, 2.24) is 9.88 Å². The summed E-state index contributed by atoms with van der Waals surface area (Å²) in [5.41, 5.74) is 0. The molecule has 0 aromatic carbocycles. The van der Waals surface area contributed by atoms with Gasteiger partial charge in [0.1, 0.15) is 18.2 Å². The number of nitrogens with zero attached hydrogens (tertiary/aromatic N) is 2. The Hall–Kier alpha value is -1.62. The molecular weight excluding hydrogens is 230 g/mol. The van der Waals surface area contributed by atoms with Crippen molar-refractivity contribution in [3.8, 4) is 5.75 Å². The minimum absolute atomic E-state index is 0.120. The molecule has 98 valence electrons. The predicted molar refractivity (Wildman–Crippen MR) is 69.7 cm³/mol. The molecule has 1 N–H and O–H groups in total. The molecule has 1 saturated heterocycles. The lowest BCUT2D eigenvalue weighted by Gasteiger charge is -2.14. The van der Waals surface area contributed by atoms with Gasteiger partial charge < -0.3 is 10.1 Å². The number of aromatic nitrogens is 1. The van der Waals surface area contributed by atoms with E-state index in [2.05, 4.69) is 15.2 Å². The molecular formula is C13H19N3O2. The number of nitrogens with one attached hydrogen (secondary N) is 1. The van der Waals surface area contributed by atoms with E-state index in [1.54, 1.807) is 12.3 Å². The number of ether oxygens (including phenoxy) is 1. The summed E-state index contributed by atoms with van der Waals surface area (Å²) in [5, 5.41) is 2.62. The molecule has 5 nitrogen and oxygen atoms in total. The van der Waals surface area contributed by atoms with Gasteiger partial charge in [0.05, 0.1) is 6.20 Å². The van der Waals surface area contributed by atoms with Gasteiger partial charge >= 0.3 is 0 Å². The number of likely N-dealkylation sites (tertiary alicyclic amines) is 1. The summed E-state index contributed by atoms with van der Waals surface area (Å²) in [4.78, 5) is 17.3. The van der Waals surface area contributed by atoms with E-state index in [1.807, 2.05) is 6.07 Å². The molecule has 2 heterocycles. The SMILES string of the molecule is CC(=O)Nc1ccc(OCCN2CCCC2)cn1. The number of amides is 1.